The van der Waals surface area contributed by atoms with Crippen LogP contribution in [0.25, 0.3) is 0 Å². The maximum absolute atomic E-state index is 5.63. The van der Waals surface area contributed by atoms with Crippen molar-refractivity contribution in [3.8, 4) is 5.88 Å². The minimum absolute atomic E-state index is 0.144. The van der Waals surface area contributed by atoms with Gasteiger partial charge in [-0.15, -0.1) is 0 Å². The molecule has 0 amide bonds. The number of rotatable bonds is 5. The molecule has 4 nitrogen and oxygen atoms in total. The van der Waals surface area contributed by atoms with E-state index in [1.54, 1.807) is 6.33 Å². The second kappa shape index (κ2) is 7.08. The SMILES string of the molecule is CC(C)Oc1cc(N2CCCC(CCBr)C2)ncn1. The number of nitrogens with zero attached hydrogens (tertiary/aromatic N) is 3. The summed E-state index contributed by atoms with van der Waals surface area (Å²) < 4.78 is 5.63. The number of aromatic nitrogens is 2. The predicted octanol–water partition coefficient (Wildman–Crippen LogP) is 3.27. The van der Waals surface area contributed by atoms with Gasteiger partial charge in [0.15, 0.2) is 0 Å². The van der Waals surface area contributed by atoms with Crippen LogP contribution in [0.2, 0.25) is 0 Å². The third-order valence-electron chi connectivity index (χ3n) is 3.34. The summed E-state index contributed by atoms with van der Waals surface area (Å²) in [7, 11) is 0. The second-order valence-corrected chi connectivity index (χ2v) is 6.11. The van der Waals surface area contributed by atoms with E-state index in [1.165, 1.54) is 19.3 Å². The summed E-state index contributed by atoms with van der Waals surface area (Å²) in [5, 5.41) is 1.08. The van der Waals surface area contributed by atoms with Gasteiger partial charge < -0.3 is 9.64 Å². The maximum atomic E-state index is 5.63. The van der Waals surface area contributed by atoms with Gasteiger partial charge in [0, 0.05) is 24.5 Å². The highest BCUT2D eigenvalue weighted by atomic mass is 79.9. The van der Waals surface area contributed by atoms with Gasteiger partial charge in [-0.3, -0.25) is 0 Å². The first-order valence-electron chi connectivity index (χ1n) is 6.98. The monoisotopic (exact) mass is 327 g/mol. The summed E-state index contributed by atoms with van der Waals surface area (Å²) >= 11 is 3.54. The molecule has 106 valence electrons. The topological polar surface area (TPSA) is 38.2 Å². The lowest BCUT2D eigenvalue weighted by molar-refractivity contribution is 0.232. The number of piperidine rings is 1. The molecular weight excluding hydrogens is 306 g/mol. The highest BCUT2D eigenvalue weighted by Gasteiger charge is 2.20. The zero-order valence-electron chi connectivity index (χ0n) is 11.7. The lowest BCUT2D eigenvalue weighted by Crippen LogP contribution is -2.36. The van der Waals surface area contributed by atoms with Crippen LogP contribution in [0.3, 0.4) is 0 Å². The molecule has 5 heteroatoms. The van der Waals surface area contributed by atoms with Crippen molar-refractivity contribution in [3.63, 3.8) is 0 Å². The first kappa shape index (κ1) is 14.6. The zero-order valence-corrected chi connectivity index (χ0v) is 13.3. The van der Waals surface area contributed by atoms with Gasteiger partial charge in [0.1, 0.15) is 12.1 Å². The molecule has 0 saturated carbocycles. The van der Waals surface area contributed by atoms with Crippen LogP contribution in [-0.4, -0.2) is 34.5 Å². The number of anilines is 1. The van der Waals surface area contributed by atoms with E-state index in [0.717, 1.165) is 30.2 Å². The Kier molecular flexibility index (Phi) is 5.43. The molecule has 2 rings (SSSR count). The Morgan fingerprint density at radius 3 is 3.05 bits per heavy atom. The van der Waals surface area contributed by atoms with Crippen LogP contribution in [0, 0.1) is 5.92 Å². The molecule has 1 saturated heterocycles. The van der Waals surface area contributed by atoms with E-state index in [2.05, 4.69) is 30.8 Å². The molecule has 0 radical (unpaired) electrons. The van der Waals surface area contributed by atoms with Crippen LogP contribution in [0.4, 0.5) is 5.82 Å². The predicted molar refractivity (Wildman–Crippen MR) is 81.1 cm³/mol. The van der Waals surface area contributed by atoms with Crippen molar-refractivity contribution < 1.29 is 4.74 Å². The van der Waals surface area contributed by atoms with Crippen molar-refractivity contribution in [2.24, 2.45) is 5.92 Å². The van der Waals surface area contributed by atoms with Crippen LogP contribution in [0.5, 0.6) is 5.88 Å². The molecule has 1 aliphatic heterocycles. The van der Waals surface area contributed by atoms with Gasteiger partial charge in [0.05, 0.1) is 6.10 Å². The largest absolute Gasteiger partial charge is 0.475 e. The number of ether oxygens (including phenoxy) is 1. The van der Waals surface area contributed by atoms with E-state index in [1.807, 2.05) is 19.9 Å². The first-order chi connectivity index (χ1) is 9.19. The Labute approximate surface area is 123 Å². The lowest BCUT2D eigenvalue weighted by Gasteiger charge is -2.33. The Bertz CT molecular complexity index is 398. The van der Waals surface area contributed by atoms with E-state index in [4.69, 9.17) is 4.74 Å². The fourth-order valence-corrected chi connectivity index (χ4v) is 3.12. The molecule has 1 aliphatic rings. The average molecular weight is 328 g/mol. The van der Waals surface area contributed by atoms with E-state index < -0.39 is 0 Å². The van der Waals surface area contributed by atoms with Gasteiger partial charge in [0.2, 0.25) is 5.88 Å². The highest BCUT2D eigenvalue weighted by molar-refractivity contribution is 9.09. The summed E-state index contributed by atoms with van der Waals surface area (Å²) in [5.41, 5.74) is 0. The van der Waals surface area contributed by atoms with Gasteiger partial charge >= 0.3 is 0 Å². The Morgan fingerprint density at radius 2 is 2.32 bits per heavy atom. The van der Waals surface area contributed by atoms with Crippen molar-refractivity contribution in [1.82, 2.24) is 9.97 Å². The quantitative estimate of drug-likeness (QED) is 0.778. The number of alkyl halides is 1. The molecule has 19 heavy (non-hydrogen) atoms. The fraction of sp³-hybridized carbons (Fsp3) is 0.714. The molecule has 0 bridgehead atoms. The molecule has 1 unspecified atom stereocenters. The lowest BCUT2D eigenvalue weighted by atomic mass is 9.96. The maximum Gasteiger partial charge on any atom is 0.218 e. The normalized spacial score (nSPS) is 19.8. The van der Waals surface area contributed by atoms with E-state index in [0.29, 0.717) is 5.88 Å². The average Bonchev–Trinajstić information content (AvgIpc) is 2.39. The Morgan fingerprint density at radius 1 is 1.47 bits per heavy atom. The fourth-order valence-electron chi connectivity index (χ4n) is 2.47. The van der Waals surface area contributed by atoms with Crippen molar-refractivity contribution in [3.05, 3.63) is 12.4 Å². The molecule has 0 N–H and O–H groups in total. The van der Waals surface area contributed by atoms with Crippen molar-refractivity contribution in [2.75, 3.05) is 23.3 Å². The van der Waals surface area contributed by atoms with Crippen molar-refractivity contribution >= 4 is 21.7 Å². The third kappa shape index (κ3) is 4.34. The molecule has 0 aromatic carbocycles. The molecule has 1 atom stereocenters. The number of hydrogen-bond donors (Lipinski definition) is 0. The van der Waals surface area contributed by atoms with Crippen LogP contribution < -0.4 is 9.64 Å². The molecule has 1 fully saturated rings. The molecule has 0 spiro atoms. The molecule has 0 aliphatic carbocycles. The van der Waals surface area contributed by atoms with Gasteiger partial charge in [-0.25, -0.2) is 9.97 Å². The Balaban J connectivity index is 2.04. The van der Waals surface area contributed by atoms with E-state index in [9.17, 15) is 0 Å². The second-order valence-electron chi connectivity index (χ2n) is 5.31. The molecule has 1 aromatic heterocycles. The summed E-state index contributed by atoms with van der Waals surface area (Å²) in [6, 6.07) is 1.95. The minimum Gasteiger partial charge on any atom is -0.475 e. The van der Waals surface area contributed by atoms with Crippen molar-refractivity contribution in [1.29, 1.82) is 0 Å². The third-order valence-corrected chi connectivity index (χ3v) is 3.80. The van der Waals surface area contributed by atoms with Crippen LogP contribution >= 0.6 is 15.9 Å². The van der Waals surface area contributed by atoms with Gasteiger partial charge in [-0.05, 0) is 39.0 Å². The van der Waals surface area contributed by atoms with Crippen LogP contribution in [-0.2, 0) is 0 Å². The summed E-state index contributed by atoms with van der Waals surface area (Å²) in [5.74, 6) is 2.42. The number of hydrogen-bond acceptors (Lipinski definition) is 4. The highest BCUT2D eigenvalue weighted by Crippen LogP contribution is 2.25. The summed E-state index contributed by atoms with van der Waals surface area (Å²) in [6.45, 7) is 6.18. The van der Waals surface area contributed by atoms with Gasteiger partial charge in [-0.2, -0.15) is 0 Å². The van der Waals surface area contributed by atoms with Crippen LogP contribution in [0.1, 0.15) is 33.1 Å². The standard InChI is InChI=1S/C14H22BrN3O/c1-11(2)19-14-8-13(16-10-17-14)18-7-3-4-12(9-18)5-6-15/h8,10-12H,3-7,9H2,1-2H3. The van der Waals surface area contributed by atoms with Crippen molar-refractivity contribution in [2.45, 2.75) is 39.2 Å². The summed E-state index contributed by atoms with van der Waals surface area (Å²) in [6.07, 6.45) is 5.54. The molecule has 1 aromatic rings. The van der Waals surface area contributed by atoms with Gasteiger partial charge in [0.25, 0.3) is 0 Å². The zero-order chi connectivity index (χ0) is 13.7. The van der Waals surface area contributed by atoms with E-state index >= 15 is 0 Å². The number of halogens is 1. The molecule has 2 heterocycles. The smallest absolute Gasteiger partial charge is 0.218 e. The van der Waals surface area contributed by atoms with Gasteiger partial charge in [-0.1, -0.05) is 15.9 Å². The Hall–Kier alpha value is -0.840. The summed E-state index contributed by atoms with van der Waals surface area (Å²) in [4.78, 5) is 10.9. The first-order valence-corrected chi connectivity index (χ1v) is 8.11. The molecular formula is C14H22BrN3O. The van der Waals surface area contributed by atoms with Crippen LogP contribution in [0.15, 0.2) is 12.4 Å². The minimum atomic E-state index is 0.144. The van der Waals surface area contributed by atoms with E-state index in [-0.39, 0.29) is 6.10 Å².